The largest absolute Gasteiger partial charge is 0.367 e. The summed E-state index contributed by atoms with van der Waals surface area (Å²) in [5.74, 6) is 0. The molecule has 0 aliphatic carbocycles. The number of hydrogen-bond acceptors (Lipinski definition) is 2. The molecule has 3 heterocycles. The van der Waals surface area contributed by atoms with E-state index in [1.807, 2.05) is 23.0 Å². The number of likely N-dealkylation sites (N-methyl/N-ethyl adjacent to an activating group) is 1. The van der Waals surface area contributed by atoms with E-state index < -0.39 is 0 Å². The van der Waals surface area contributed by atoms with Gasteiger partial charge in [-0.1, -0.05) is 6.07 Å². The Morgan fingerprint density at radius 2 is 2.10 bits per heavy atom. The standard InChI is InChI=1S/C15H18N4O/c1-17-9-11-10-18(7-8-19(11)15(17)20)14-4-2-3-13-12(14)5-6-16-13/h2-6,11,16H,7-10H2,1H3. The van der Waals surface area contributed by atoms with E-state index in [1.54, 1.807) is 0 Å². The molecule has 2 amide bonds. The first-order valence-corrected chi connectivity index (χ1v) is 7.07. The minimum absolute atomic E-state index is 0.175. The van der Waals surface area contributed by atoms with Crippen LogP contribution in [0, 0.1) is 0 Å². The second-order valence-corrected chi connectivity index (χ2v) is 5.67. The summed E-state index contributed by atoms with van der Waals surface area (Å²) >= 11 is 0. The lowest BCUT2D eigenvalue weighted by Gasteiger charge is -2.38. The highest BCUT2D eigenvalue weighted by atomic mass is 16.2. The molecule has 1 aromatic heterocycles. The van der Waals surface area contributed by atoms with Crippen molar-refractivity contribution in [1.82, 2.24) is 14.8 Å². The van der Waals surface area contributed by atoms with E-state index >= 15 is 0 Å². The number of aromatic nitrogens is 1. The summed E-state index contributed by atoms with van der Waals surface area (Å²) in [5, 5.41) is 1.26. The van der Waals surface area contributed by atoms with Gasteiger partial charge in [-0.2, -0.15) is 0 Å². The van der Waals surface area contributed by atoms with Gasteiger partial charge in [-0.05, 0) is 18.2 Å². The highest BCUT2D eigenvalue weighted by Crippen LogP contribution is 2.29. The summed E-state index contributed by atoms with van der Waals surface area (Å²) in [6.45, 7) is 3.47. The molecule has 0 saturated carbocycles. The molecular formula is C15H18N4O. The maximum atomic E-state index is 12.0. The van der Waals surface area contributed by atoms with Crippen molar-refractivity contribution in [2.24, 2.45) is 0 Å². The van der Waals surface area contributed by atoms with Gasteiger partial charge in [-0.3, -0.25) is 0 Å². The van der Waals surface area contributed by atoms with E-state index in [-0.39, 0.29) is 6.03 Å². The van der Waals surface area contributed by atoms with Crippen LogP contribution in [-0.4, -0.2) is 60.1 Å². The Morgan fingerprint density at radius 1 is 1.20 bits per heavy atom. The number of carbonyl (C=O) groups is 1. The molecule has 2 aromatic rings. The zero-order valence-electron chi connectivity index (χ0n) is 11.5. The lowest BCUT2D eigenvalue weighted by atomic mass is 10.1. The fourth-order valence-corrected chi connectivity index (χ4v) is 3.44. The molecule has 1 N–H and O–H groups in total. The SMILES string of the molecule is CN1CC2CN(c3cccc4[nH]ccc34)CCN2C1=O. The van der Waals surface area contributed by atoms with Crippen LogP contribution in [-0.2, 0) is 0 Å². The number of nitrogens with one attached hydrogen (secondary N) is 1. The molecule has 2 aliphatic rings. The number of H-pyrrole nitrogens is 1. The number of urea groups is 1. The molecule has 5 heteroatoms. The van der Waals surface area contributed by atoms with Crippen LogP contribution in [0.5, 0.6) is 0 Å². The smallest absolute Gasteiger partial charge is 0.320 e. The Labute approximate surface area is 117 Å². The fourth-order valence-electron chi connectivity index (χ4n) is 3.44. The van der Waals surface area contributed by atoms with Gasteiger partial charge in [-0.15, -0.1) is 0 Å². The third-order valence-electron chi connectivity index (χ3n) is 4.45. The van der Waals surface area contributed by atoms with Crippen molar-refractivity contribution in [3.63, 3.8) is 0 Å². The Morgan fingerprint density at radius 3 is 3.00 bits per heavy atom. The average molecular weight is 270 g/mol. The Balaban J connectivity index is 1.65. The van der Waals surface area contributed by atoms with Crippen LogP contribution in [0.2, 0.25) is 0 Å². The summed E-state index contributed by atoms with van der Waals surface area (Å²) in [6, 6.07) is 8.98. The molecule has 1 aromatic carbocycles. The number of benzene rings is 1. The number of piperazine rings is 1. The first-order valence-electron chi connectivity index (χ1n) is 7.07. The van der Waals surface area contributed by atoms with Gasteiger partial charge in [0.2, 0.25) is 0 Å². The number of amides is 2. The fraction of sp³-hybridized carbons (Fsp3) is 0.400. The first-order chi connectivity index (χ1) is 9.74. The Kier molecular flexibility index (Phi) is 2.42. The molecule has 1 atom stereocenters. The highest BCUT2D eigenvalue weighted by molar-refractivity contribution is 5.92. The number of hydrogen-bond donors (Lipinski definition) is 1. The van der Waals surface area contributed by atoms with Crippen LogP contribution >= 0.6 is 0 Å². The van der Waals surface area contributed by atoms with E-state index in [1.165, 1.54) is 16.6 Å². The summed E-state index contributed by atoms with van der Waals surface area (Å²) in [6.07, 6.45) is 1.98. The highest BCUT2D eigenvalue weighted by Gasteiger charge is 2.39. The lowest BCUT2D eigenvalue weighted by molar-refractivity contribution is 0.187. The van der Waals surface area contributed by atoms with Crippen molar-refractivity contribution >= 4 is 22.6 Å². The summed E-state index contributed by atoms with van der Waals surface area (Å²) in [5.41, 5.74) is 2.44. The van der Waals surface area contributed by atoms with Crippen LogP contribution in [0.1, 0.15) is 0 Å². The van der Waals surface area contributed by atoms with Crippen molar-refractivity contribution in [3.05, 3.63) is 30.5 Å². The van der Waals surface area contributed by atoms with Crippen molar-refractivity contribution in [3.8, 4) is 0 Å². The average Bonchev–Trinajstić information content (AvgIpc) is 3.04. The number of aromatic amines is 1. The van der Waals surface area contributed by atoms with Gasteiger partial charge in [0.15, 0.2) is 0 Å². The normalized spacial score (nSPS) is 22.8. The molecule has 104 valence electrons. The number of nitrogens with zero attached hydrogens (tertiary/aromatic N) is 3. The molecule has 1 unspecified atom stereocenters. The zero-order valence-corrected chi connectivity index (χ0v) is 11.5. The van der Waals surface area contributed by atoms with Crippen molar-refractivity contribution < 1.29 is 4.79 Å². The molecule has 0 spiro atoms. The minimum Gasteiger partial charge on any atom is -0.367 e. The third-order valence-corrected chi connectivity index (χ3v) is 4.45. The van der Waals surface area contributed by atoms with Crippen molar-refractivity contribution in [2.45, 2.75) is 6.04 Å². The molecule has 2 fully saturated rings. The van der Waals surface area contributed by atoms with Gasteiger partial charge in [0.05, 0.1) is 6.04 Å². The third kappa shape index (κ3) is 1.59. The van der Waals surface area contributed by atoms with Gasteiger partial charge in [-0.25, -0.2) is 4.79 Å². The maximum Gasteiger partial charge on any atom is 0.320 e. The summed E-state index contributed by atoms with van der Waals surface area (Å²) in [7, 11) is 1.89. The van der Waals surface area contributed by atoms with Crippen LogP contribution in [0.4, 0.5) is 10.5 Å². The second kappa shape index (κ2) is 4.16. The van der Waals surface area contributed by atoms with Crippen molar-refractivity contribution in [1.29, 1.82) is 0 Å². The molecular weight excluding hydrogens is 252 g/mol. The predicted molar refractivity (Wildman–Crippen MR) is 79.0 cm³/mol. The molecule has 4 rings (SSSR count). The van der Waals surface area contributed by atoms with E-state index in [0.29, 0.717) is 6.04 Å². The van der Waals surface area contributed by atoms with E-state index in [2.05, 4.69) is 34.1 Å². The quantitative estimate of drug-likeness (QED) is 0.857. The molecule has 5 nitrogen and oxygen atoms in total. The van der Waals surface area contributed by atoms with Gasteiger partial charge in [0.1, 0.15) is 0 Å². The maximum absolute atomic E-state index is 12.0. The summed E-state index contributed by atoms with van der Waals surface area (Å²) in [4.78, 5) is 21.5. The van der Waals surface area contributed by atoms with Crippen molar-refractivity contribution in [2.75, 3.05) is 38.1 Å². The number of rotatable bonds is 1. The molecule has 0 radical (unpaired) electrons. The van der Waals surface area contributed by atoms with E-state index in [9.17, 15) is 4.79 Å². The van der Waals surface area contributed by atoms with E-state index in [0.717, 1.165) is 26.2 Å². The number of fused-ring (bicyclic) bond motifs is 2. The second-order valence-electron chi connectivity index (χ2n) is 5.67. The van der Waals surface area contributed by atoms with Crippen LogP contribution in [0.25, 0.3) is 10.9 Å². The van der Waals surface area contributed by atoms with Gasteiger partial charge in [0.25, 0.3) is 0 Å². The zero-order chi connectivity index (χ0) is 13.7. The minimum atomic E-state index is 0.175. The van der Waals surface area contributed by atoms with E-state index in [4.69, 9.17) is 0 Å². The van der Waals surface area contributed by atoms with Gasteiger partial charge >= 0.3 is 6.03 Å². The monoisotopic (exact) mass is 270 g/mol. The molecule has 0 bridgehead atoms. The molecule has 20 heavy (non-hydrogen) atoms. The first kappa shape index (κ1) is 11.6. The van der Waals surface area contributed by atoms with Gasteiger partial charge < -0.3 is 19.7 Å². The number of anilines is 1. The molecule has 2 saturated heterocycles. The lowest BCUT2D eigenvalue weighted by Crippen LogP contribution is -2.52. The summed E-state index contributed by atoms with van der Waals surface area (Å²) < 4.78 is 0. The Bertz CT molecular complexity index is 665. The molecule has 2 aliphatic heterocycles. The van der Waals surface area contributed by atoms with Crippen LogP contribution in [0.3, 0.4) is 0 Å². The Hall–Kier alpha value is -2.17. The van der Waals surface area contributed by atoms with Crippen LogP contribution < -0.4 is 4.90 Å². The van der Waals surface area contributed by atoms with Gasteiger partial charge in [0, 0.05) is 56.0 Å². The predicted octanol–water partition coefficient (Wildman–Crippen LogP) is 1.72. The number of carbonyl (C=O) groups excluding carboxylic acids is 1. The van der Waals surface area contributed by atoms with Crippen LogP contribution in [0.15, 0.2) is 30.5 Å². The topological polar surface area (TPSA) is 42.6 Å².